The summed E-state index contributed by atoms with van der Waals surface area (Å²) in [6.07, 6.45) is 2.90. The molecule has 0 aliphatic carbocycles. The fraction of sp³-hybridized carbons (Fsp3) is 0.632. The summed E-state index contributed by atoms with van der Waals surface area (Å²) >= 11 is 0. The molecule has 2 unspecified atom stereocenters. The highest BCUT2D eigenvalue weighted by Gasteiger charge is 2.31. The van der Waals surface area contributed by atoms with Gasteiger partial charge in [0.25, 0.3) is 5.91 Å². The van der Waals surface area contributed by atoms with Crippen LogP contribution in [0.3, 0.4) is 0 Å². The fourth-order valence-corrected chi connectivity index (χ4v) is 5.10. The van der Waals surface area contributed by atoms with Crippen LogP contribution in [0.15, 0.2) is 23.1 Å². The minimum absolute atomic E-state index is 0. The summed E-state index contributed by atoms with van der Waals surface area (Å²) in [4.78, 5) is 15.2. The molecule has 1 aliphatic rings. The Bertz CT molecular complexity index is 749. The zero-order chi connectivity index (χ0) is 19.5. The number of sulfonamides is 1. The number of piperidine rings is 1. The van der Waals surface area contributed by atoms with Crippen molar-refractivity contribution in [2.24, 2.45) is 5.73 Å². The topological polar surface area (TPSA) is 83.7 Å². The van der Waals surface area contributed by atoms with E-state index in [2.05, 4.69) is 0 Å². The molecule has 8 heteroatoms. The number of carbonyl (C=O) groups is 1. The van der Waals surface area contributed by atoms with Crippen molar-refractivity contribution in [3.8, 4) is 0 Å². The van der Waals surface area contributed by atoms with E-state index in [-0.39, 0.29) is 35.3 Å². The number of benzene rings is 1. The molecule has 2 rings (SSSR count). The highest BCUT2D eigenvalue weighted by atomic mass is 35.5. The third kappa shape index (κ3) is 5.02. The van der Waals surface area contributed by atoms with Gasteiger partial charge in [0.05, 0.1) is 4.90 Å². The van der Waals surface area contributed by atoms with Crippen molar-refractivity contribution >= 4 is 28.3 Å². The maximum absolute atomic E-state index is 13.2. The van der Waals surface area contributed by atoms with Crippen LogP contribution in [0, 0.1) is 6.92 Å². The zero-order valence-electron chi connectivity index (χ0n) is 16.6. The second-order valence-electron chi connectivity index (χ2n) is 6.99. The lowest BCUT2D eigenvalue weighted by atomic mass is 9.95. The first-order valence-electron chi connectivity index (χ1n) is 9.41. The second-order valence-corrected chi connectivity index (χ2v) is 8.92. The van der Waals surface area contributed by atoms with Crippen molar-refractivity contribution in [1.29, 1.82) is 0 Å². The van der Waals surface area contributed by atoms with E-state index in [1.165, 1.54) is 10.4 Å². The molecule has 2 N–H and O–H groups in total. The normalized spacial score (nSPS) is 18.9. The van der Waals surface area contributed by atoms with E-state index in [0.717, 1.165) is 24.8 Å². The predicted molar refractivity (Wildman–Crippen MR) is 111 cm³/mol. The lowest BCUT2D eigenvalue weighted by Crippen LogP contribution is -2.51. The first-order valence-corrected chi connectivity index (χ1v) is 10.8. The van der Waals surface area contributed by atoms with Gasteiger partial charge in [-0.25, -0.2) is 8.42 Å². The van der Waals surface area contributed by atoms with Gasteiger partial charge in [0.2, 0.25) is 10.0 Å². The summed E-state index contributed by atoms with van der Waals surface area (Å²) in [6.45, 7) is 8.84. The number of nitrogens with zero attached hydrogens (tertiary/aromatic N) is 2. The van der Waals surface area contributed by atoms with Crippen molar-refractivity contribution in [3.05, 3.63) is 29.3 Å². The van der Waals surface area contributed by atoms with Crippen LogP contribution in [0.25, 0.3) is 0 Å². The first kappa shape index (κ1) is 23.9. The molecule has 1 aromatic carbocycles. The summed E-state index contributed by atoms with van der Waals surface area (Å²) in [5, 5.41) is 0. The van der Waals surface area contributed by atoms with Gasteiger partial charge in [-0.05, 0) is 50.8 Å². The van der Waals surface area contributed by atoms with Crippen molar-refractivity contribution in [2.75, 3.05) is 19.6 Å². The predicted octanol–water partition coefficient (Wildman–Crippen LogP) is 2.79. The quantitative estimate of drug-likeness (QED) is 0.771. The SMILES string of the molecule is CCN(CC)S(=O)(=O)c1ccc(C)c(C(=O)N2CCCCC2C(C)N)c1.Cl. The Balaban J connectivity index is 0.00000364. The Morgan fingerprint density at radius 2 is 1.93 bits per heavy atom. The van der Waals surface area contributed by atoms with Gasteiger partial charge in [-0.1, -0.05) is 19.9 Å². The van der Waals surface area contributed by atoms with Crippen molar-refractivity contribution < 1.29 is 13.2 Å². The van der Waals surface area contributed by atoms with Gasteiger partial charge in [-0.3, -0.25) is 4.79 Å². The molecule has 154 valence electrons. The number of nitrogens with two attached hydrogens (primary N) is 1. The number of hydrogen-bond acceptors (Lipinski definition) is 4. The second kappa shape index (κ2) is 9.87. The van der Waals surface area contributed by atoms with E-state index in [1.54, 1.807) is 12.1 Å². The number of halogens is 1. The van der Waals surface area contributed by atoms with E-state index in [4.69, 9.17) is 5.73 Å². The lowest BCUT2D eigenvalue weighted by molar-refractivity contribution is 0.0583. The third-order valence-corrected chi connectivity index (χ3v) is 7.25. The molecule has 2 atom stereocenters. The van der Waals surface area contributed by atoms with E-state index < -0.39 is 10.0 Å². The molecular formula is C19H32ClN3O3S. The Labute approximate surface area is 169 Å². The number of carbonyl (C=O) groups excluding carboxylic acids is 1. The molecule has 1 aromatic rings. The highest BCUT2D eigenvalue weighted by Crippen LogP contribution is 2.25. The molecule has 0 bridgehead atoms. The molecule has 6 nitrogen and oxygen atoms in total. The van der Waals surface area contributed by atoms with E-state index in [1.807, 2.05) is 32.6 Å². The van der Waals surface area contributed by atoms with Crippen molar-refractivity contribution in [2.45, 2.75) is 63.9 Å². The largest absolute Gasteiger partial charge is 0.334 e. The monoisotopic (exact) mass is 417 g/mol. The molecule has 0 spiro atoms. The van der Waals surface area contributed by atoms with Crippen LogP contribution in [0.5, 0.6) is 0 Å². The number of amides is 1. The number of aryl methyl sites for hydroxylation is 1. The Kier molecular flexibility index (Phi) is 8.73. The molecule has 0 saturated carbocycles. The molecule has 1 amide bonds. The number of rotatable bonds is 6. The summed E-state index contributed by atoms with van der Waals surface area (Å²) in [5.41, 5.74) is 7.32. The minimum atomic E-state index is -3.60. The van der Waals surface area contributed by atoms with Crippen molar-refractivity contribution in [3.63, 3.8) is 0 Å². The van der Waals surface area contributed by atoms with Crippen LogP contribution >= 0.6 is 12.4 Å². The molecular weight excluding hydrogens is 386 g/mol. The van der Waals surface area contributed by atoms with Gasteiger partial charge in [0, 0.05) is 37.3 Å². The van der Waals surface area contributed by atoms with Crippen LogP contribution in [-0.2, 0) is 10.0 Å². The summed E-state index contributed by atoms with van der Waals surface area (Å²) in [7, 11) is -3.60. The van der Waals surface area contributed by atoms with E-state index in [0.29, 0.717) is 25.2 Å². The summed E-state index contributed by atoms with van der Waals surface area (Å²) < 4.78 is 27.0. The van der Waals surface area contributed by atoms with Crippen molar-refractivity contribution in [1.82, 2.24) is 9.21 Å². The van der Waals surface area contributed by atoms with Gasteiger partial charge < -0.3 is 10.6 Å². The Hall–Kier alpha value is -1.15. The number of hydrogen-bond donors (Lipinski definition) is 1. The standard InChI is InChI=1S/C19H31N3O3S.ClH/c1-5-21(6-2)26(24,25)16-11-10-14(3)17(13-16)19(23)22-12-8-7-9-18(22)15(4)20;/h10-11,13,15,18H,5-9,12,20H2,1-4H3;1H. The molecule has 1 heterocycles. The van der Waals surface area contributed by atoms with Crippen LogP contribution in [0.1, 0.15) is 56.0 Å². The maximum Gasteiger partial charge on any atom is 0.254 e. The average molecular weight is 418 g/mol. The summed E-state index contributed by atoms with van der Waals surface area (Å²) in [6, 6.07) is 4.71. The maximum atomic E-state index is 13.2. The molecule has 0 aromatic heterocycles. The van der Waals surface area contributed by atoms with E-state index in [9.17, 15) is 13.2 Å². The highest BCUT2D eigenvalue weighted by molar-refractivity contribution is 7.89. The lowest BCUT2D eigenvalue weighted by Gasteiger charge is -2.38. The first-order chi connectivity index (χ1) is 12.2. The van der Waals surface area contributed by atoms with E-state index >= 15 is 0 Å². The van der Waals surface area contributed by atoms with Crippen LogP contribution < -0.4 is 5.73 Å². The Morgan fingerprint density at radius 3 is 2.48 bits per heavy atom. The average Bonchev–Trinajstić information content (AvgIpc) is 2.62. The third-order valence-electron chi connectivity index (χ3n) is 5.20. The minimum Gasteiger partial charge on any atom is -0.334 e. The van der Waals surface area contributed by atoms with Gasteiger partial charge in [-0.2, -0.15) is 4.31 Å². The van der Waals surface area contributed by atoms with Crippen LogP contribution in [0.2, 0.25) is 0 Å². The smallest absolute Gasteiger partial charge is 0.254 e. The zero-order valence-corrected chi connectivity index (χ0v) is 18.3. The van der Waals surface area contributed by atoms with Crippen LogP contribution in [-0.4, -0.2) is 55.2 Å². The Morgan fingerprint density at radius 1 is 1.30 bits per heavy atom. The molecule has 27 heavy (non-hydrogen) atoms. The fourth-order valence-electron chi connectivity index (χ4n) is 3.62. The van der Waals surface area contributed by atoms with Gasteiger partial charge in [0.15, 0.2) is 0 Å². The molecule has 1 saturated heterocycles. The molecule has 1 aliphatic heterocycles. The van der Waals surface area contributed by atoms with Gasteiger partial charge in [-0.15, -0.1) is 12.4 Å². The van der Waals surface area contributed by atoms with Gasteiger partial charge in [0.1, 0.15) is 0 Å². The molecule has 1 fully saturated rings. The summed E-state index contributed by atoms with van der Waals surface area (Å²) in [5.74, 6) is -0.124. The number of likely N-dealkylation sites (tertiary alicyclic amines) is 1. The molecule has 0 radical (unpaired) electrons. The van der Waals surface area contributed by atoms with Gasteiger partial charge >= 0.3 is 0 Å². The van der Waals surface area contributed by atoms with Crippen LogP contribution in [0.4, 0.5) is 0 Å².